The van der Waals surface area contributed by atoms with Gasteiger partial charge in [-0.05, 0) is 42.8 Å². The molecule has 0 aliphatic carbocycles. The number of rotatable bonds is 6. The standard InChI is InChI=1S/C19H22N2O3/c1-14(22)21-16-8-6-15(7-9-16)10-11-20-12-17-13-23-18-4-2-3-5-19(18)24-17/h2-9,17,20H,10-13H2,1H3,(H,21,22). The van der Waals surface area contributed by atoms with Gasteiger partial charge in [0.1, 0.15) is 12.7 Å². The van der Waals surface area contributed by atoms with Gasteiger partial charge in [0, 0.05) is 19.2 Å². The number of fused-ring (bicyclic) bond motifs is 1. The summed E-state index contributed by atoms with van der Waals surface area (Å²) in [5.41, 5.74) is 2.05. The maximum atomic E-state index is 11.0. The molecule has 0 fully saturated rings. The van der Waals surface area contributed by atoms with Crippen molar-refractivity contribution in [1.29, 1.82) is 0 Å². The van der Waals surface area contributed by atoms with E-state index in [1.54, 1.807) is 0 Å². The largest absolute Gasteiger partial charge is 0.486 e. The van der Waals surface area contributed by atoms with Crippen molar-refractivity contribution < 1.29 is 14.3 Å². The first kappa shape index (κ1) is 16.3. The molecule has 1 aliphatic heterocycles. The smallest absolute Gasteiger partial charge is 0.221 e. The Morgan fingerprint density at radius 1 is 1.12 bits per heavy atom. The Morgan fingerprint density at radius 3 is 2.62 bits per heavy atom. The molecule has 2 N–H and O–H groups in total. The van der Waals surface area contributed by atoms with Crippen LogP contribution in [0.1, 0.15) is 12.5 Å². The molecule has 0 aromatic heterocycles. The lowest BCUT2D eigenvalue weighted by Gasteiger charge is -2.26. The second-order valence-electron chi connectivity index (χ2n) is 5.83. The van der Waals surface area contributed by atoms with E-state index >= 15 is 0 Å². The Labute approximate surface area is 142 Å². The minimum atomic E-state index is -0.0549. The molecule has 1 amide bonds. The van der Waals surface area contributed by atoms with Gasteiger partial charge in [-0.3, -0.25) is 4.79 Å². The van der Waals surface area contributed by atoms with Crippen molar-refractivity contribution in [3.05, 3.63) is 54.1 Å². The second-order valence-corrected chi connectivity index (χ2v) is 5.83. The third-order valence-corrected chi connectivity index (χ3v) is 3.80. The minimum absolute atomic E-state index is 0.0297. The van der Waals surface area contributed by atoms with Gasteiger partial charge in [0.15, 0.2) is 11.5 Å². The molecule has 0 radical (unpaired) electrons. The minimum Gasteiger partial charge on any atom is -0.486 e. The summed E-state index contributed by atoms with van der Waals surface area (Å²) in [6.45, 7) is 3.68. The van der Waals surface area contributed by atoms with Crippen LogP contribution in [0.2, 0.25) is 0 Å². The molecule has 24 heavy (non-hydrogen) atoms. The van der Waals surface area contributed by atoms with E-state index in [2.05, 4.69) is 10.6 Å². The zero-order valence-electron chi connectivity index (χ0n) is 13.7. The van der Waals surface area contributed by atoms with Gasteiger partial charge < -0.3 is 20.1 Å². The molecule has 0 saturated carbocycles. The number of carbonyl (C=O) groups is 1. The third-order valence-electron chi connectivity index (χ3n) is 3.80. The van der Waals surface area contributed by atoms with Crippen LogP contribution in [0.25, 0.3) is 0 Å². The number of nitrogens with one attached hydrogen (secondary N) is 2. The van der Waals surface area contributed by atoms with Crippen LogP contribution in [-0.2, 0) is 11.2 Å². The van der Waals surface area contributed by atoms with E-state index in [0.29, 0.717) is 6.61 Å². The quantitative estimate of drug-likeness (QED) is 0.801. The van der Waals surface area contributed by atoms with Gasteiger partial charge in [-0.25, -0.2) is 0 Å². The summed E-state index contributed by atoms with van der Waals surface area (Å²) in [6.07, 6.45) is 0.951. The number of anilines is 1. The lowest BCUT2D eigenvalue weighted by atomic mass is 10.1. The lowest BCUT2D eigenvalue weighted by molar-refractivity contribution is -0.114. The highest BCUT2D eigenvalue weighted by Crippen LogP contribution is 2.30. The van der Waals surface area contributed by atoms with Gasteiger partial charge in [-0.2, -0.15) is 0 Å². The first-order valence-corrected chi connectivity index (χ1v) is 8.16. The maximum absolute atomic E-state index is 11.0. The fourth-order valence-electron chi connectivity index (χ4n) is 2.62. The zero-order valence-corrected chi connectivity index (χ0v) is 13.7. The summed E-state index contributed by atoms with van der Waals surface area (Å²) in [7, 11) is 0. The van der Waals surface area contributed by atoms with Gasteiger partial charge >= 0.3 is 0 Å². The molecule has 0 bridgehead atoms. The topological polar surface area (TPSA) is 59.6 Å². The Morgan fingerprint density at radius 2 is 1.88 bits per heavy atom. The second kappa shape index (κ2) is 7.84. The monoisotopic (exact) mass is 326 g/mol. The molecule has 3 rings (SSSR count). The lowest BCUT2D eigenvalue weighted by Crippen LogP contribution is -2.39. The van der Waals surface area contributed by atoms with Gasteiger partial charge in [-0.15, -0.1) is 0 Å². The van der Waals surface area contributed by atoms with E-state index in [4.69, 9.17) is 9.47 Å². The Balaban J connectivity index is 1.39. The molecule has 1 atom stereocenters. The average Bonchev–Trinajstić information content (AvgIpc) is 2.59. The van der Waals surface area contributed by atoms with Crippen LogP contribution in [0, 0.1) is 0 Å². The van der Waals surface area contributed by atoms with E-state index in [1.807, 2.05) is 48.5 Å². The predicted molar refractivity (Wildman–Crippen MR) is 93.7 cm³/mol. The molecule has 1 unspecified atom stereocenters. The SMILES string of the molecule is CC(=O)Nc1ccc(CCNCC2COc3ccccc3O2)cc1. The van der Waals surface area contributed by atoms with Gasteiger partial charge in [0.2, 0.25) is 5.91 Å². The van der Waals surface area contributed by atoms with Crippen molar-refractivity contribution in [3.8, 4) is 11.5 Å². The van der Waals surface area contributed by atoms with Gasteiger partial charge in [-0.1, -0.05) is 24.3 Å². The Hall–Kier alpha value is -2.53. The molecule has 2 aromatic rings. The highest BCUT2D eigenvalue weighted by atomic mass is 16.6. The van der Waals surface area contributed by atoms with Crippen LogP contribution in [0.3, 0.4) is 0 Å². The number of hydrogen-bond acceptors (Lipinski definition) is 4. The fraction of sp³-hybridized carbons (Fsp3) is 0.316. The Bertz CT molecular complexity index is 685. The van der Waals surface area contributed by atoms with Crippen LogP contribution < -0.4 is 20.1 Å². The van der Waals surface area contributed by atoms with Gasteiger partial charge in [0.25, 0.3) is 0 Å². The van der Waals surface area contributed by atoms with Crippen molar-refractivity contribution >= 4 is 11.6 Å². The normalized spacial score (nSPS) is 15.8. The number of benzene rings is 2. The molecular weight excluding hydrogens is 304 g/mol. The van der Waals surface area contributed by atoms with E-state index < -0.39 is 0 Å². The first-order chi connectivity index (χ1) is 11.7. The zero-order chi connectivity index (χ0) is 16.8. The van der Waals surface area contributed by atoms with Crippen molar-refractivity contribution in [2.24, 2.45) is 0 Å². The van der Waals surface area contributed by atoms with Crippen molar-refractivity contribution in [3.63, 3.8) is 0 Å². The molecule has 2 aromatic carbocycles. The number of hydrogen-bond donors (Lipinski definition) is 2. The summed E-state index contributed by atoms with van der Waals surface area (Å²) < 4.78 is 11.6. The van der Waals surface area contributed by atoms with Crippen LogP contribution in [0.15, 0.2) is 48.5 Å². The summed E-state index contributed by atoms with van der Waals surface area (Å²) in [5, 5.41) is 6.17. The van der Waals surface area contributed by atoms with E-state index in [0.717, 1.165) is 36.7 Å². The third kappa shape index (κ3) is 4.49. The maximum Gasteiger partial charge on any atom is 0.221 e. The predicted octanol–water partition coefficient (Wildman–Crippen LogP) is 2.62. The fourth-order valence-corrected chi connectivity index (χ4v) is 2.62. The average molecular weight is 326 g/mol. The van der Waals surface area contributed by atoms with Crippen molar-refractivity contribution in [2.45, 2.75) is 19.4 Å². The van der Waals surface area contributed by atoms with Crippen molar-refractivity contribution in [2.75, 3.05) is 25.0 Å². The van der Waals surface area contributed by atoms with Crippen LogP contribution in [-0.4, -0.2) is 31.7 Å². The molecule has 0 saturated heterocycles. The highest BCUT2D eigenvalue weighted by Gasteiger charge is 2.19. The molecule has 0 spiro atoms. The molecule has 126 valence electrons. The number of carbonyl (C=O) groups excluding carboxylic acids is 1. The molecule has 5 nitrogen and oxygen atoms in total. The van der Waals surface area contributed by atoms with Crippen LogP contribution in [0.4, 0.5) is 5.69 Å². The number of amides is 1. The summed E-state index contributed by atoms with van der Waals surface area (Å²) in [6, 6.07) is 15.6. The molecular formula is C19H22N2O3. The van der Waals surface area contributed by atoms with Gasteiger partial charge in [0.05, 0.1) is 0 Å². The van der Waals surface area contributed by atoms with Crippen molar-refractivity contribution in [1.82, 2.24) is 5.32 Å². The molecule has 1 aliphatic rings. The summed E-state index contributed by atoms with van der Waals surface area (Å²) in [4.78, 5) is 11.0. The Kier molecular flexibility index (Phi) is 5.33. The van der Waals surface area contributed by atoms with E-state index in [1.165, 1.54) is 12.5 Å². The molecule has 1 heterocycles. The first-order valence-electron chi connectivity index (χ1n) is 8.16. The summed E-state index contributed by atoms with van der Waals surface area (Å²) in [5.74, 6) is 1.57. The molecule has 5 heteroatoms. The van der Waals surface area contributed by atoms with Crippen LogP contribution >= 0.6 is 0 Å². The number of para-hydroxylation sites is 2. The summed E-state index contributed by atoms with van der Waals surface area (Å²) >= 11 is 0. The number of ether oxygens (including phenoxy) is 2. The highest BCUT2D eigenvalue weighted by molar-refractivity contribution is 5.88. The van der Waals surface area contributed by atoms with Crippen LogP contribution in [0.5, 0.6) is 11.5 Å². The van der Waals surface area contributed by atoms with E-state index in [-0.39, 0.29) is 12.0 Å². The van der Waals surface area contributed by atoms with E-state index in [9.17, 15) is 4.79 Å².